The van der Waals surface area contributed by atoms with E-state index < -0.39 is 5.54 Å². The van der Waals surface area contributed by atoms with Gasteiger partial charge in [0.05, 0.1) is 5.54 Å². The molecule has 0 aliphatic heterocycles. The Morgan fingerprint density at radius 2 is 1.81 bits per heavy atom. The van der Waals surface area contributed by atoms with E-state index in [1.54, 1.807) is 18.2 Å². The van der Waals surface area contributed by atoms with Crippen LogP contribution in [0.5, 0.6) is 0 Å². The summed E-state index contributed by atoms with van der Waals surface area (Å²) in [5, 5.41) is 0. The lowest BCUT2D eigenvalue weighted by atomic mass is 9.57. The second-order valence-electron chi connectivity index (χ2n) is 5.26. The van der Waals surface area contributed by atoms with Crippen molar-refractivity contribution in [2.45, 2.75) is 32.2 Å². The van der Waals surface area contributed by atoms with Gasteiger partial charge in [0.2, 0.25) is 6.08 Å². The largest absolute Gasteiger partial charge is 0.235 e. The van der Waals surface area contributed by atoms with Gasteiger partial charge in [-0.25, -0.2) is 9.18 Å². The topological polar surface area (TPSA) is 29.4 Å². The molecule has 0 radical (unpaired) electrons. The average molecular weight is 219 g/mol. The Labute approximate surface area is 94.2 Å². The van der Waals surface area contributed by atoms with Crippen molar-refractivity contribution in [2.75, 3.05) is 0 Å². The van der Waals surface area contributed by atoms with Gasteiger partial charge in [-0.2, -0.15) is 4.99 Å². The molecule has 0 amide bonds. The van der Waals surface area contributed by atoms with E-state index in [9.17, 15) is 9.18 Å². The summed E-state index contributed by atoms with van der Waals surface area (Å²) in [6.07, 6.45) is 3.26. The van der Waals surface area contributed by atoms with Crippen molar-refractivity contribution in [3.63, 3.8) is 0 Å². The van der Waals surface area contributed by atoms with Crippen molar-refractivity contribution in [3.8, 4) is 0 Å². The summed E-state index contributed by atoms with van der Waals surface area (Å²) < 4.78 is 12.8. The summed E-state index contributed by atoms with van der Waals surface area (Å²) in [6.45, 7) is 4.27. The second kappa shape index (κ2) is 3.53. The maximum absolute atomic E-state index is 12.8. The fraction of sp³-hybridized carbons (Fsp3) is 0.462. The predicted molar refractivity (Wildman–Crippen MR) is 59.2 cm³/mol. The Morgan fingerprint density at radius 1 is 1.25 bits per heavy atom. The van der Waals surface area contributed by atoms with E-state index in [0.29, 0.717) is 0 Å². The molecule has 1 aromatic rings. The molecule has 2 rings (SSSR count). The molecule has 0 N–H and O–H groups in total. The quantitative estimate of drug-likeness (QED) is 0.555. The Balaban J connectivity index is 2.35. The van der Waals surface area contributed by atoms with Crippen LogP contribution in [-0.2, 0) is 10.3 Å². The van der Waals surface area contributed by atoms with E-state index in [0.717, 1.165) is 18.4 Å². The van der Waals surface area contributed by atoms with Crippen LogP contribution >= 0.6 is 0 Å². The highest BCUT2D eigenvalue weighted by Gasteiger charge is 2.50. The van der Waals surface area contributed by atoms with Crippen LogP contribution in [0, 0.1) is 11.2 Å². The second-order valence-corrected chi connectivity index (χ2v) is 5.26. The molecule has 2 nitrogen and oxygen atoms in total. The van der Waals surface area contributed by atoms with E-state index in [1.807, 2.05) is 0 Å². The molecule has 16 heavy (non-hydrogen) atoms. The van der Waals surface area contributed by atoms with E-state index in [1.165, 1.54) is 12.1 Å². The van der Waals surface area contributed by atoms with Crippen molar-refractivity contribution in [2.24, 2.45) is 10.4 Å². The molecule has 84 valence electrons. The third-order valence-electron chi connectivity index (χ3n) is 3.18. The van der Waals surface area contributed by atoms with Crippen molar-refractivity contribution in [1.29, 1.82) is 0 Å². The van der Waals surface area contributed by atoms with Crippen molar-refractivity contribution >= 4 is 6.08 Å². The van der Waals surface area contributed by atoms with Crippen molar-refractivity contribution in [3.05, 3.63) is 35.6 Å². The number of carbonyl (C=O) groups excluding carboxylic acids is 1. The Bertz CT molecular complexity index is 436. The van der Waals surface area contributed by atoms with E-state index >= 15 is 0 Å². The third kappa shape index (κ3) is 1.79. The Morgan fingerprint density at radius 3 is 2.25 bits per heavy atom. The van der Waals surface area contributed by atoms with Crippen LogP contribution in [0.25, 0.3) is 0 Å². The predicted octanol–water partition coefficient (Wildman–Crippen LogP) is 3.18. The number of isocyanates is 1. The normalized spacial score (nSPS) is 20.7. The molecule has 1 aliphatic rings. The van der Waals surface area contributed by atoms with Crippen molar-refractivity contribution in [1.82, 2.24) is 0 Å². The maximum Gasteiger partial charge on any atom is 0.235 e. The minimum absolute atomic E-state index is 0.189. The number of benzene rings is 1. The molecular formula is C13H14FNO. The standard InChI is InChI=1S/C13H14FNO/c1-12(2)7-13(8-12,15-9-16)10-3-5-11(14)6-4-10/h3-6H,7-8H2,1-2H3. The van der Waals surface area contributed by atoms with Gasteiger partial charge in [-0.05, 0) is 36.0 Å². The zero-order valence-electron chi connectivity index (χ0n) is 9.46. The third-order valence-corrected chi connectivity index (χ3v) is 3.18. The van der Waals surface area contributed by atoms with Crippen LogP contribution in [0.15, 0.2) is 29.3 Å². The van der Waals surface area contributed by atoms with Gasteiger partial charge >= 0.3 is 0 Å². The van der Waals surface area contributed by atoms with Crippen LogP contribution in [0.3, 0.4) is 0 Å². The van der Waals surface area contributed by atoms with Crippen LogP contribution in [0.1, 0.15) is 32.3 Å². The smallest absolute Gasteiger partial charge is 0.211 e. The molecule has 0 aromatic heterocycles. The van der Waals surface area contributed by atoms with Crippen LogP contribution < -0.4 is 0 Å². The van der Waals surface area contributed by atoms with Crippen LogP contribution in [0.4, 0.5) is 4.39 Å². The summed E-state index contributed by atoms with van der Waals surface area (Å²) in [4.78, 5) is 14.4. The molecular weight excluding hydrogens is 205 g/mol. The first-order valence-electron chi connectivity index (χ1n) is 5.33. The number of nitrogens with zero attached hydrogens (tertiary/aromatic N) is 1. The van der Waals surface area contributed by atoms with Gasteiger partial charge in [0, 0.05) is 0 Å². The first-order valence-corrected chi connectivity index (χ1v) is 5.33. The highest BCUT2D eigenvalue weighted by atomic mass is 19.1. The summed E-state index contributed by atoms with van der Waals surface area (Å²) in [7, 11) is 0. The highest BCUT2D eigenvalue weighted by molar-refractivity contribution is 5.40. The molecule has 0 bridgehead atoms. The number of hydrogen-bond acceptors (Lipinski definition) is 2. The lowest BCUT2D eigenvalue weighted by Crippen LogP contribution is -2.45. The summed E-state index contributed by atoms with van der Waals surface area (Å²) in [5.41, 5.74) is 0.616. The van der Waals surface area contributed by atoms with Gasteiger partial charge in [-0.15, -0.1) is 0 Å². The van der Waals surface area contributed by atoms with Gasteiger partial charge in [0.25, 0.3) is 0 Å². The minimum Gasteiger partial charge on any atom is -0.211 e. The molecule has 0 saturated heterocycles. The summed E-state index contributed by atoms with van der Waals surface area (Å²) in [6, 6.07) is 6.21. The number of rotatable bonds is 2. The molecule has 0 unspecified atom stereocenters. The highest BCUT2D eigenvalue weighted by Crippen LogP contribution is 2.55. The molecule has 0 heterocycles. The Hall–Kier alpha value is -1.47. The lowest BCUT2D eigenvalue weighted by Gasteiger charge is -2.50. The first-order chi connectivity index (χ1) is 7.47. The lowest BCUT2D eigenvalue weighted by molar-refractivity contribution is 0.0638. The van der Waals surface area contributed by atoms with Gasteiger partial charge < -0.3 is 0 Å². The van der Waals surface area contributed by atoms with Gasteiger partial charge in [0.1, 0.15) is 5.82 Å². The fourth-order valence-corrected chi connectivity index (χ4v) is 2.73. The van der Waals surface area contributed by atoms with Crippen molar-refractivity contribution < 1.29 is 9.18 Å². The van der Waals surface area contributed by atoms with Crippen LogP contribution in [0.2, 0.25) is 0 Å². The monoisotopic (exact) mass is 219 g/mol. The number of halogens is 1. The summed E-state index contributed by atoms with van der Waals surface area (Å²) in [5.74, 6) is -0.271. The Kier molecular flexibility index (Phi) is 2.43. The zero-order chi connectivity index (χ0) is 11.8. The van der Waals surface area contributed by atoms with Gasteiger partial charge in [-0.1, -0.05) is 26.0 Å². The first kappa shape index (κ1) is 11.0. The zero-order valence-corrected chi connectivity index (χ0v) is 9.46. The fourth-order valence-electron chi connectivity index (χ4n) is 2.73. The molecule has 1 fully saturated rings. The van der Waals surface area contributed by atoms with Gasteiger partial charge in [0.15, 0.2) is 0 Å². The van der Waals surface area contributed by atoms with Gasteiger partial charge in [-0.3, -0.25) is 0 Å². The SMILES string of the molecule is CC1(C)CC(N=C=O)(c2ccc(F)cc2)C1. The number of aliphatic imine (C=N–C) groups is 1. The number of hydrogen-bond donors (Lipinski definition) is 0. The maximum atomic E-state index is 12.8. The van der Waals surface area contributed by atoms with E-state index in [2.05, 4.69) is 18.8 Å². The average Bonchev–Trinajstić information content (AvgIpc) is 2.16. The summed E-state index contributed by atoms with van der Waals surface area (Å²) >= 11 is 0. The molecule has 1 aromatic carbocycles. The van der Waals surface area contributed by atoms with Crippen LogP contribution in [-0.4, -0.2) is 6.08 Å². The molecule has 1 saturated carbocycles. The molecule has 3 heteroatoms. The molecule has 0 spiro atoms. The molecule has 0 atom stereocenters. The minimum atomic E-state index is -0.473. The van der Waals surface area contributed by atoms with E-state index in [4.69, 9.17) is 0 Å². The molecule has 1 aliphatic carbocycles. The van der Waals surface area contributed by atoms with E-state index in [-0.39, 0.29) is 11.2 Å².